The summed E-state index contributed by atoms with van der Waals surface area (Å²) in [6.07, 6.45) is 0. The maximum Gasteiger partial charge on any atom is 0.209 e. The van der Waals surface area contributed by atoms with Gasteiger partial charge in [-0.15, -0.1) is 5.10 Å². The molecule has 0 radical (unpaired) electrons. The zero-order valence-electron chi connectivity index (χ0n) is 9.23. The van der Waals surface area contributed by atoms with Gasteiger partial charge in [-0.05, 0) is 30.6 Å². The van der Waals surface area contributed by atoms with Crippen LogP contribution in [0.2, 0.25) is 0 Å². The average Bonchev–Trinajstić information content (AvgIpc) is 2.74. The van der Waals surface area contributed by atoms with Gasteiger partial charge in [-0.3, -0.25) is 4.79 Å². The largest absolute Gasteiger partial charge is 0.497 e. The lowest BCUT2D eigenvalue weighted by Crippen LogP contribution is -2.04. The fourth-order valence-electron chi connectivity index (χ4n) is 1.37. The highest BCUT2D eigenvalue weighted by Gasteiger charge is 2.19. The number of ketones is 1. The van der Waals surface area contributed by atoms with E-state index in [9.17, 15) is 9.18 Å². The number of methoxy groups -OCH3 is 1. The Labute approximate surface area is 101 Å². The standard InChI is InChI=1S/C11H9FN2O2S/c1-6-11(17-14-13-6)10(15)8-4-3-7(16-2)5-9(8)12/h3-5H,1-2H3. The maximum atomic E-state index is 13.7. The Morgan fingerprint density at radius 2 is 2.24 bits per heavy atom. The van der Waals surface area contributed by atoms with Crippen molar-refractivity contribution in [2.24, 2.45) is 0 Å². The van der Waals surface area contributed by atoms with Gasteiger partial charge in [-0.25, -0.2) is 4.39 Å². The van der Waals surface area contributed by atoms with Crippen LogP contribution in [0.3, 0.4) is 0 Å². The topological polar surface area (TPSA) is 52.1 Å². The number of benzene rings is 1. The summed E-state index contributed by atoms with van der Waals surface area (Å²) in [5.74, 6) is -0.641. The summed E-state index contributed by atoms with van der Waals surface area (Å²) in [5.41, 5.74) is 0.509. The minimum absolute atomic E-state index is 0.0000463. The molecule has 6 heteroatoms. The summed E-state index contributed by atoms with van der Waals surface area (Å²) < 4.78 is 22.2. The van der Waals surface area contributed by atoms with Crippen molar-refractivity contribution in [1.29, 1.82) is 0 Å². The lowest BCUT2D eigenvalue weighted by molar-refractivity contribution is 0.103. The molecule has 0 saturated heterocycles. The van der Waals surface area contributed by atoms with Gasteiger partial charge < -0.3 is 4.74 Å². The van der Waals surface area contributed by atoms with Crippen molar-refractivity contribution in [3.05, 3.63) is 40.2 Å². The fraction of sp³-hybridized carbons (Fsp3) is 0.182. The molecule has 0 unspecified atom stereocenters. The smallest absolute Gasteiger partial charge is 0.209 e. The summed E-state index contributed by atoms with van der Waals surface area (Å²) in [6.45, 7) is 1.66. The first kappa shape index (κ1) is 11.7. The van der Waals surface area contributed by atoms with E-state index in [0.29, 0.717) is 16.3 Å². The van der Waals surface area contributed by atoms with E-state index in [2.05, 4.69) is 9.59 Å². The molecule has 1 heterocycles. The van der Waals surface area contributed by atoms with Crippen LogP contribution in [0.15, 0.2) is 18.2 Å². The van der Waals surface area contributed by atoms with Crippen molar-refractivity contribution in [3.63, 3.8) is 0 Å². The predicted molar refractivity (Wildman–Crippen MR) is 61.0 cm³/mol. The van der Waals surface area contributed by atoms with Gasteiger partial charge in [0.2, 0.25) is 5.78 Å². The van der Waals surface area contributed by atoms with Crippen LogP contribution in [0, 0.1) is 12.7 Å². The van der Waals surface area contributed by atoms with Crippen LogP contribution in [0.5, 0.6) is 5.75 Å². The number of rotatable bonds is 3. The number of carbonyl (C=O) groups is 1. The summed E-state index contributed by atoms with van der Waals surface area (Å²) in [6, 6.07) is 4.12. The minimum Gasteiger partial charge on any atom is -0.497 e. The molecule has 0 atom stereocenters. The molecule has 4 nitrogen and oxygen atoms in total. The SMILES string of the molecule is COc1ccc(C(=O)c2snnc2C)c(F)c1. The van der Waals surface area contributed by atoms with Gasteiger partial charge >= 0.3 is 0 Å². The lowest BCUT2D eigenvalue weighted by Gasteiger charge is -2.03. The van der Waals surface area contributed by atoms with Gasteiger partial charge in [0.25, 0.3) is 0 Å². The number of carbonyl (C=O) groups excluding carboxylic acids is 1. The summed E-state index contributed by atoms with van der Waals surface area (Å²) in [4.78, 5) is 12.4. The zero-order valence-corrected chi connectivity index (χ0v) is 10.0. The highest BCUT2D eigenvalue weighted by molar-refractivity contribution is 7.08. The Morgan fingerprint density at radius 1 is 1.47 bits per heavy atom. The van der Waals surface area contributed by atoms with E-state index in [0.717, 1.165) is 11.5 Å². The fourth-order valence-corrected chi connectivity index (χ4v) is 1.98. The highest BCUT2D eigenvalue weighted by Crippen LogP contribution is 2.21. The van der Waals surface area contributed by atoms with E-state index in [1.165, 1.54) is 19.2 Å². The molecule has 17 heavy (non-hydrogen) atoms. The van der Waals surface area contributed by atoms with Gasteiger partial charge in [-0.2, -0.15) is 0 Å². The number of aromatic nitrogens is 2. The third-order valence-corrected chi connectivity index (χ3v) is 3.11. The van der Waals surface area contributed by atoms with E-state index < -0.39 is 11.6 Å². The Kier molecular flexibility index (Phi) is 3.14. The van der Waals surface area contributed by atoms with Crippen molar-refractivity contribution in [2.45, 2.75) is 6.92 Å². The normalized spacial score (nSPS) is 10.3. The van der Waals surface area contributed by atoms with Crippen molar-refractivity contribution in [1.82, 2.24) is 9.59 Å². The number of ether oxygens (including phenoxy) is 1. The van der Waals surface area contributed by atoms with E-state index in [-0.39, 0.29) is 5.56 Å². The van der Waals surface area contributed by atoms with Gasteiger partial charge in [0.1, 0.15) is 16.4 Å². The quantitative estimate of drug-likeness (QED) is 0.786. The number of nitrogens with zero attached hydrogens (tertiary/aromatic N) is 2. The Bertz CT molecular complexity index is 568. The molecule has 2 aromatic rings. The second-order valence-electron chi connectivity index (χ2n) is 3.36. The van der Waals surface area contributed by atoms with Crippen molar-refractivity contribution in [2.75, 3.05) is 7.11 Å². The van der Waals surface area contributed by atoms with Gasteiger partial charge in [0.15, 0.2) is 0 Å². The van der Waals surface area contributed by atoms with Crippen LogP contribution in [-0.4, -0.2) is 22.5 Å². The first-order chi connectivity index (χ1) is 8.13. The monoisotopic (exact) mass is 252 g/mol. The molecule has 2 rings (SSSR count). The number of hydrogen-bond donors (Lipinski definition) is 0. The van der Waals surface area contributed by atoms with Crippen LogP contribution in [0.4, 0.5) is 4.39 Å². The van der Waals surface area contributed by atoms with Gasteiger partial charge in [-0.1, -0.05) is 4.49 Å². The molecular formula is C11H9FN2O2S. The molecule has 0 spiro atoms. The Hall–Kier alpha value is -1.82. The number of aryl methyl sites for hydroxylation is 1. The molecule has 0 bridgehead atoms. The summed E-state index contributed by atoms with van der Waals surface area (Å²) in [7, 11) is 1.44. The van der Waals surface area contributed by atoms with Crippen LogP contribution in [0.25, 0.3) is 0 Å². The van der Waals surface area contributed by atoms with Crippen LogP contribution >= 0.6 is 11.5 Å². The van der Waals surface area contributed by atoms with Crippen molar-refractivity contribution in [3.8, 4) is 5.75 Å². The Balaban J connectivity index is 2.41. The minimum atomic E-state index is -0.609. The molecule has 0 N–H and O–H groups in total. The van der Waals surface area contributed by atoms with Gasteiger partial charge in [0.05, 0.1) is 18.4 Å². The van der Waals surface area contributed by atoms with Crippen LogP contribution in [-0.2, 0) is 0 Å². The van der Waals surface area contributed by atoms with Crippen molar-refractivity contribution >= 4 is 17.3 Å². The van der Waals surface area contributed by atoms with Gasteiger partial charge in [0, 0.05) is 6.07 Å². The molecule has 0 aliphatic heterocycles. The Morgan fingerprint density at radius 3 is 2.76 bits per heavy atom. The molecule has 0 saturated carbocycles. The van der Waals surface area contributed by atoms with E-state index in [1.54, 1.807) is 13.0 Å². The highest BCUT2D eigenvalue weighted by atomic mass is 32.1. The molecule has 88 valence electrons. The third-order valence-electron chi connectivity index (χ3n) is 2.28. The average molecular weight is 252 g/mol. The first-order valence-electron chi connectivity index (χ1n) is 4.80. The van der Waals surface area contributed by atoms with E-state index in [1.807, 2.05) is 0 Å². The second-order valence-corrected chi connectivity index (χ2v) is 4.12. The molecular weight excluding hydrogens is 243 g/mol. The third kappa shape index (κ3) is 2.16. The van der Waals surface area contributed by atoms with E-state index >= 15 is 0 Å². The van der Waals surface area contributed by atoms with Crippen LogP contribution in [0.1, 0.15) is 20.9 Å². The molecule has 0 fully saturated rings. The number of halogens is 1. The van der Waals surface area contributed by atoms with Crippen molar-refractivity contribution < 1.29 is 13.9 Å². The van der Waals surface area contributed by atoms with E-state index in [4.69, 9.17) is 4.74 Å². The zero-order chi connectivity index (χ0) is 12.4. The molecule has 0 amide bonds. The number of hydrogen-bond acceptors (Lipinski definition) is 5. The summed E-state index contributed by atoms with van der Waals surface area (Å²) >= 11 is 0.963. The summed E-state index contributed by atoms with van der Waals surface area (Å²) in [5, 5.41) is 3.73. The second kappa shape index (κ2) is 4.58. The maximum absolute atomic E-state index is 13.7. The first-order valence-corrected chi connectivity index (χ1v) is 5.58. The molecule has 1 aromatic heterocycles. The van der Waals surface area contributed by atoms with Crippen LogP contribution < -0.4 is 4.74 Å². The molecule has 1 aromatic carbocycles. The predicted octanol–water partition coefficient (Wildman–Crippen LogP) is 2.23. The molecule has 0 aliphatic carbocycles. The molecule has 0 aliphatic rings. The lowest BCUT2D eigenvalue weighted by atomic mass is 10.1.